The van der Waals surface area contributed by atoms with E-state index < -0.39 is 0 Å². The van der Waals surface area contributed by atoms with Crippen molar-refractivity contribution in [1.29, 1.82) is 0 Å². The van der Waals surface area contributed by atoms with Crippen molar-refractivity contribution < 1.29 is 9.53 Å². The predicted molar refractivity (Wildman–Crippen MR) is 133 cm³/mol. The number of nitrogens with zero attached hydrogens (tertiary/aromatic N) is 3. The Bertz CT molecular complexity index is 1210. The van der Waals surface area contributed by atoms with E-state index in [1.165, 1.54) is 4.70 Å². The fourth-order valence-corrected chi connectivity index (χ4v) is 5.15. The molecule has 2 unspecified atom stereocenters. The van der Waals surface area contributed by atoms with Crippen LogP contribution < -0.4 is 10.2 Å². The summed E-state index contributed by atoms with van der Waals surface area (Å²) in [5, 5.41) is 4.04. The topological polar surface area (TPSA) is 67.4 Å². The molecule has 33 heavy (non-hydrogen) atoms. The Labute approximate surface area is 197 Å². The molecule has 0 spiro atoms. The van der Waals surface area contributed by atoms with E-state index in [1.807, 2.05) is 54.6 Å². The van der Waals surface area contributed by atoms with Gasteiger partial charge in [0.25, 0.3) is 5.91 Å². The summed E-state index contributed by atoms with van der Waals surface area (Å²) in [6, 6.07) is 19.8. The highest BCUT2D eigenvalue weighted by Crippen LogP contribution is 2.24. The zero-order valence-corrected chi connectivity index (χ0v) is 19.5. The van der Waals surface area contributed by atoms with Crippen LogP contribution in [0.1, 0.15) is 34.8 Å². The van der Waals surface area contributed by atoms with Crippen molar-refractivity contribution in [2.24, 2.45) is 0 Å². The first-order chi connectivity index (χ1) is 16.0. The molecule has 0 saturated carbocycles. The van der Waals surface area contributed by atoms with Gasteiger partial charge < -0.3 is 15.0 Å². The average molecular weight is 459 g/mol. The van der Waals surface area contributed by atoms with Crippen molar-refractivity contribution in [3.8, 4) is 0 Å². The number of pyridine rings is 1. The van der Waals surface area contributed by atoms with Crippen molar-refractivity contribution in [3.63, 3.8) is 0 Å². The molecule has 7 heteroatoms. The number of para-hydroxylation sites is 1. The molecule has 0 aliphatic carbocycles. The number of anilines is 2. The number of benzene rings is 2. The van der Waals surface area contributed by atoms with E-state index in [0.29, 0.717) is 5.56 Å². The normalized spacial score (nSPS) is 18.4. The number of carbonyl (C=O) groups is 1. The molecule has 3 heterocycles. The standard InChI is InChI=1S/C26H26N4O2S/c1-17-15-30(16-18(2)32-17)24-12-9-20(14-27-24)26(31)28-21-10-7-19(8-11-21)13-25-29-22-5-3-4-6-23(22)33-25/h3-12,14,17-18H,13,15-16H2,1-2H3,(H,28,31). The summed E-state index contributed by atoms with van der Waals surface area (Å²) in [4.78, 5) is 24.1. The molecule has 1 saturated heterocycles. The van der Waals surface area contributed by atoms with E-state index >= 15 is 0 Å². The van der Waals surface area contributed by atoms with E-state index in [9.17, 15) is 4.79 Å². The SMILES string of the molecule is CC1CN(c2ccc(C(=O)Nc3ccc(Cc4nc5ccccc5s4)cc3)cn2)CC(C)O1. The maximum Gasteiger partial charge on any atom is 0.257 e. The molecule has 168 valence electrons. The van der Waals surface area contributed by atoms with Crippen LogP contribution in [0.5, 0.6) is 0 Å². The highest BCUT2D eigenvalue weighted by Gasteiger charge is 2.23. The third kappa shape index (κ3) is 5.05. The first-order valence-electron chi connectivity index (χ1n) is 11.1. The number of carbonyl (C=O) groups excluding carboxylic acids is 1. The monoisotopic (exact) mass is 458 g/mol. The van der Waals surface area contributed by atoms with Gasteiger partial charge in [-0.05, 0) is 55.8 Å². The minimum Gasteiger partial charge on any atom is -0.372 e. The van der Waals surface area contributed by atoms with Crippen molar-refractivity contribution >= 4 is 39.0 Å². The molecule has 1 amide bonds. The lowest BCUT2D eigenvalue weighted by Gasteiger charge is -2.36. The van der Waals surface area contributed by atoms with Crippen LogP contribution in [0.15, 0.2) is 66.9 Å². The number of ether oxygens (including phenoxy) is 1. The second kappa shape index (κ2) is 9.29. The fraction of sp³-hybridized carbons (Fsp3) is 0.269. The molecule has 0 radical (unpaired) electrons. The highest BCUT2D eigenvalue weighted by atomic mass is 32.1. The molecule has 4 aromatic rings. The van der Waals surface area contributed by atoms with Gasteiger partial charge in [0.1, 0.15) is 5.82 Å². The number of morpholine rings is 1. The summed E-state index contributed by atoms with van der Waals surface area (Å²) in [5.41, 5.74) is 3.49. The molecule has 6 nitrogen and oxygen atoms in total. The lowest BCUT2D eigenvalue weighted by Crippen LogP contribution is -2.45. The van der Waals surface area contributed by atoms with E-state index in [2.05, 4.69) is 35.1 Å². The smallest absolute Gasteiger partial charge is 0.257 e. The van der Waals surface area contributed by atoms with Crippen LogP contribution in [0.4, 0.5) is 11.5 Å². The van der Waals surface area contributed by atoms with Gasteiger partial charge in [-0.25, -0.2) is 9.97 Å². The summed E-state index contributed by atoms with van der Waals surface area (Å²) in [7, 11) is 0. The molecule has 2 atom stereocenters. The molecular weight excluding hydrogens is 432 g/mol. The Hall–Kier alpha value is -3.29. The van der Waals surface area contributed by atoms with Gasteiger partial charge in [-0.1, -0.05) is 24.3 Å². The van der Waals surface area contributed by atoms with Crippen LogP contribution in [0.2, 0.25) is 0 Å². The lowest BCUT2D eigenvalue weighted by molar-refractivity contribution is -0.00546. The number of hydrogen-bond donors (Lipinski definition) is 1. The molecule has 5 rings (SSSR count). The third-order valence-electron chi connectivity index (χ3n) is 5.66. The highest BCUT2D eigenvalue weighted by molar-refractivity contribution is 7.18. The van der Waals surface area contributed by atoms with Crippen LogP contribution in [0.25, 0.3) is 10.2 Å². The van der Waals surface area contributed by atoms with Gasteiger partial charge >= 0.3 is 0 Å². The summed E-state index contributed by atoms with van der Waals surface area (Å²) >= 11 is 1.72. The molecule has 1 N–H and O–H groups in total. The van der Waals surface area contributed by atoms with Crippen LogP contribution in [-0.2, 0) is 11.2 Å². The van der Waals surface area contributed by atoms with Crippen molar-refractivity contribution in [2.45, 2.75) is 32.5 Å². The number of amides is 1. The van der Waals surface area contributed by atoms with E-state index in [-0.39, 0.29) is 18.1 Å². The number of fused-ring (bicyclic) bond motifs is 1. The Morgan fingerprint density at radius 3 is 2.52 bits per heavy atom. The third-order valence-corrected chi connectivity index (χ3v) is 6.70. The first-order valence-corrected chi connectivity index (χ1v) is 12.0. The number of aromatic nitrogens is 2. The maximum atomic E-state index is 12.7. The van der Waals surface area contributed by atoms with Crippen LogP contribution in [0.3, 0.4) is 0 Å². The Morgan fingerprint density at radius 1 is 1.06 bits per heavy atom. The van der Waals surface area contributed by atoms with E-state index in [0.717, 1.165) is 47.1 Å². The molecule has 2 aromatic heterocycles. The maximum absolute atomic E-state index is 12.7. The quantitative estimate of drug-likeness (QED) is 0.448. The largest absolute Gasteiger partial charge is 0.372 e. The van der Waals surface area contributed by atoms with E-state index in [1.54, 1.807) is 17.5 Å². The number of rotatable bonds is 5. The summed E-state index contributed by atoms with van der Waals surface area (Å²) in [6.07, 6.45) is 2.74. The van der Waals surface area contributed by atoms with Gasteiger partial charge in [-0.3, -0.25) is 4.79 Å². The Morgan fingerprint density at radius 2 is 1.82 bits per heavy atom. The van der Waals surface area contributed by atoms with Gasteiger partial charge in [-0.2, -0.15) is 0 Å². The minimum absolute atomic E-state index is 0.163. The zero-order valence-electron chi connectivity index (χ0n) is 18.7. The van der Waals surface area contributed by atoms with Crippen LogP contribution in [0, 0.1) is 0 Å². The van der Waals surface area contributed by atoms with Crippen molar-refractivity contribution in [1.82, 2.24) is 9.97 Å². The summed E-state index contributed by atoms with van der Waals surface area (Å²) in [5.74, 6) is 0.699. The van der Waals surface area contributed by atoms with Gasteiger partial charge in [0.05, 0.1) is 33.0 Å². The molecule has 1 aliphatic rings. The van der Waals surface area contributed by atoms with Gasteiger partial charge in [0.2, 0.25) is 0 Å². The predicted octanol–water partition coefficient (Wildman–Crippen LogP) is 5.15. The lowest BCUT2D eigenvalue weighted by atomic mass is 10.1. The molecule has 1 aliphatic heterocycles. The molecule has 0 bridgehead atoms. The van der Waals surface area contributed by atoms with Crippen LogP contribution in [-0.4, -0.2) is 41.2 Å². The number of thiazole rings is 1. The molecule has 2 aromatic carbocycles. The van der Waals surface area contributed by atoms with Crippen molar-refractivity contribution in [3.05, 3.63) is 83.0 Å². The molecule has 1 fully saturated rings. The van der Waals surface area contributed by atoms with E-state index in [4.69, 9.17) is 9.72 Å². The second-order valence-corrected chi connectivity index (χ2v) is 9.59. The minimum atomic E-state index is -0.170. The zero-order chi connectivity index (χ0) is 22.8. The van der Waals surface area contributed by atoms with Gasteiger partial charge in [0.15, 0.2) is 0 Å². The average Bonchev–Trinajstić information content (AvgIpc) is 3.22. The number of nitrogens with one attached hydrogen (secondary N) is 1. The number of hydrogen-bond acceptors (Lipinski definition) is 6. The van der Waals surface area contributed by atoms with Gasteiger partial charge in [0, 0.05) is 31.4 Å². The Kier molecular flexibility index (Phi) is 6.07. The summed E-state index contributed by atoms with van der Waals surface area (Å²) in [6.45, 7) is 5.72. The second-order valence-electron chi connectivity index (χ2n) is 8.47. The van der Waals surface area contributed by atoms with Crippen molar-refractivity contribution in [2.75, 3.05) is 23.3 Å². The Balaban J connectivity index is 1.20. The fourth-order valence-electron chi connectivity index (χ4n) is 4.15. The van der Waals surface area contributed by atoms with Crippen LogP contribution >= 0.6 is 11.3 Å². The summed E-state index contributed by atoms with van der Waals surface area (Å²) < 4.78 is 6.99. The first kappa shape index (κ1) is 21.6. The molecular formula is C26H26N4O2S. The van der Waals surface area contributed by atoms with Gasteiger partial charge in [-0.15, -0.1) is 11.3 Å².